The number of thiazole rings is 1. The number of hydrogen-bond acceptors (Lipinski definition) is 8. The van der Waals surface area contributed by atoms with E-state index in [4.69, 9.17) is 4.99 Å². The summed E-state index contributed by atoms with van der Waals surface area (Å²) >= 11 is 3.35. The number of rotatable bonds is 7. The van der Waals surface area contributed by atoms with Gasteiger partial charge in [-0.05, 0) is 44.8 Å². The van der Waals surface area contributed by atoms with Crippen LogP contribution in [-0.2, 0) is 11.3 Å². The van der Waals surface area contributed by atoms with Crippen molar-refractivity contribution < 1.29 is 4.79 Å². The van der Waals surface area contributed by atoms with Gasteiger partial charge in [-0.2, -0.15) is 5.26 Å². The molecular formula is C31H35N7OS2. The highest BCUT2D eigenvalue weighted by Gasteiger charge is 2.32. The van der Waals surface area contributed by atoms with Crippen molar-refractivity contribution >= 4 is 52.0 Å². The van der Waals surface area contributed by atoms with Crippen molar-refractivity contribution in [3.8, 4) is 6.07 Å². The van der Waals surface area contributed by atoms with E-state index in [1.165, 1.54) is 10.6 Å². The lowest BCUT2D eigenvalue weighted by atomic mass is 10.2. The van der Waals surface area contributed by atoms with E-state index in [0.29, 0.717) is 25.2 Å². The van der Waals surface area contributed by atoms with Crippen LogP contribution in [0.1, 0.15) is 24.5 Å². The van der Waals surface area contributed by atoms with Crippen LogP contribution in [0.25, 0.3) is 11.6 Å². The van der Waals surface area contributed by atoms with Gasteiger partial charge in [0.15, 0.2) is 4.80 Å². The second kappa shape index (κ2) is 12.4. The Hall–Kier alpha value is -3.78. The maximum absolute atomic E-state index is 12.8. The molecule has 0 spiro atoms. The fourth-order valence-electron chi connectivity index (χ4n) is 5.02. The van der Waals surface area contributed by atoms with Gasteiger partial charge < -0.3 is 24.6 Å². The van der Waals surface area contributed by atoms with E-state index >= 15 is 0 Å². The quantitative estimate of drug-likeness (QED) is 0.459. The first-order valence-corrected chi connectivity index (χ1v) is 15.3. The first kappa shape index (κ1) is 28.7. The second-order valence-corrected chi connectivity index (χ2v) is 12.4. The van der Waals surface area contributed by atoms with E-state index < -0.39 is 0 Å². The molecule has 0 radical (unpaired) electrons. The highest BCUT2D eigenvalue weighted by molar-refractivity contribution is 8.11. The van der Waals surface area contributed by atoms with Gasteiger partial charge in [0, 0.05) is 37.2 Å². The summed E-state index contributed by atoms with van der Waals surface area (Å²) in [5, 5.41) is 14.9. The predicted octanol–water partition coefficient (Wildman–Crippen LogP) is 3.29. The van der Waals surface area contributed by atoms with Crippen LogP contribution in [0.5, 0.6) is 0 Å². The lowest BCUT2D eigenvalue weighted by Gasteiger charge is -2.30. The summed E-state index contributed by atoms with van der Waals surface area (Å²) in [6.45, 7) is 9.74. The van der Waals surface area contributed by atoms with Crippen LogP contribution in [0, 0.1) is 11.3 Å². The molecule has 0 saturated carbocycles. The maximum Gasteiger partial charge on any atom is 0.237 e. The zero-order valence-corrected chi connectivity index (χ0v) is 25.6. The summed E-state index contributed by atoms with van der Waals surface area (Å²) in [7, 11) is 5.96. The number of nitrogens with one attached hydrogen (secondary N) is 1. The molecule has 2 aliphatic rings. The standard InChI is InChI=1S/C31H35N7OS2/c1-6-33-24-13-12-23(17-32)16-25(24)34-31-38(18-22-10-8-7-9-11-22)21(2)29(41-31)30-36(5)26-14-15-37(19-27(26)40-30)28(39)20-35(3)4/h7-13,16,33H,2,6,14-15,18-20H2,1,3-5H3. The Morgan fingerprint density at radius 3 is 2.71 bits per heavy atom. The Kier molecular flexibility index (Phi) is 8.68. The molecule has 3 heterocycles. The van der Waals surface area contributed by atoms with Gasteiger partial charge in [-0.15, -0.1) is 0 Å². The smallest absolute Gasteiger partial charge is 0.237 e. The first-order chi connectivity index (χ1) is 19.8. The van der Waals surface area contributed by atoms with Crippen LogP contribution in [-0.4, -0.2) is 72.5 Å². The number of amides is 1. The molecule has 2 aromatic carbocycles. The van der Waals surface area contributed by atoms with Crippen molar-refractivity contribution in [2.45, 2.75) is 19.9 Å². The molecule has 1 aromatic heterocycles. The molecule has 8 nitrogen and oxygen atoms in total. The molecule has 41 heavy (non-hydrogen) atoms. The Balaban J connectivity index is 1.61. The molecule has 0 fully saturated rings. The van der Waals surface area contributed by atoms with Crippen LogP contribution in [0.2, 0.25) is 0 Å². The molecule has 10 heteroatoms. The van der Waals surface area contributed by atoms with E-state index in [9.17, 15) is 10.1 Å². The summed E-state index contributed by atoms with van der Waals surface area (Å²) in [5.74, 6) is 0.158. The molecule has 3 aromatic rings. The number of nitriles is 1. The zero-order chi connectivity index (χ0) is 29.1. The van der Waals surface area contributed by atoms with Gasteiger partial charge in [0.2, 0.25) is 5.91 Å². The van der Waals surface area contributed by atoms with Gasteiger partial charge >= 0.3 is 0 Å². The molecule has 0 aliphatic carbocycles. The number of anilines is 1. The van der Waals surface area contributed by atoms with E-state index in [1.807, 2.05) is 67.2 Å². The summed E-state index contributed by atoms with van der Waals surface area (Å²) in [6.07, 6.45) is 0.827. The second-order valence-electron chi connectivity index (χ2n) is 10.4. The highest BCUT2D eigenvalue weighted by Crippen LogP contribution is 2.44. The number of benzene rings is 2. The largest absolute Gasteiger partial charge is 0.384 e. The summed E-state index contributed by atoms with van der Waals surface area (Å²) in [5.41, 5.74) is 4.61. The fourth-order valence-corrected chi connectivity index (χ4v) is 7.60. The van der Waals surface area contributed by atoms with Gasteiger partial charge in [0.25, 0.3) is 0 Å². The fraction of sp³-hybridized carbons (Fsp3) is 0.323. The third-order valence-corrected chi connectivity index (χ3v) is 9.65. The van der Waals surface area contributed by atoms with Crippen LogP contribution >= 0.6 is 23.1 Å². The van der Waals surface area contributed by atoms with Gasteiger partial charge in [0.05, 0.1) is 57.6 Å². The van der Waals surface area contributed by atoms with Crippen LogP contribution < -0.4 is 20.0 Å². The molecule has 0 bridgehead atoms. The van der Waals surface area contributed by atoms with Gasteiger partial charge in [-0.3, -0.25) is 4.79 Å². The Labute approximate surface area is 249 Å². The minimum Gasteiger partial charge on any atom is -0.384 e. The number of thioether (sulfide) groups is 1. The van der Waals surface area contributed by atoms with E-state index in [2.05, 4.69) is 46.6 Å². The Morgan fingerprint density at radius 2 is 2.00 bits per heavy atom. The highest BCUT2D eigenvalue weighted by atomic mass is 32.2. The van der Waals surface area contributed by atoms with Crippen LogP contribution in [0.4, 0.5) is 11.4 Å². The van der Waals surface area contributed by atoms with E-state index in [0.717, 1.165) is 56.2 Å². The SMILES string of the molecule is C=c1c(=C2SC3=C(CCN(C(=O)CN(C)C)C3)N2C)sc(=Nc2cc(C#N)ccc2NCC)n1Cc1ccccc1. The summed E-state index contributed by atoms with van der Waals surface area (Å²) < 4.78 is 3.23. The minimum absolute atomic E-state index is 0.158. The third kappa shape index (κ3) is 6.12. The summed E-state index contributed by atoms with van der Waals surface area (Å²) in [6, 6.07) is 18.1. The number of nitrogens with zero attached hydrogens (tertiary/aromatic N) is 6. The van der Waals surface area contributed by atoms with Crippen molar-refractivity contribution in [2.75, 3.05) is 52.6 Å². The zero-order valence-electron chi connectivity index (χ0n) is 24.0. The average molecular weight is 586 g/mol. The predicted molar refractivity (Wildman–Crippen MR) is 169 cm³/mol. The van der Waals surface area contributed by atoms with Crippen LogP contribution in [0.3, 0.4) is 0 Å². The van der Waals surface area contributed by atoms with E-state index in [1.54, 1.807) is 23.1 Å². The Morgan fingerprint density at radius 1 is 1.22 bits per heavy atom. The normalized spacial score (nSPS) is 16.8. The third-order valence-electron chi connectivity index (χ3n) is 7.11. The lowest BCUT2D eigenvalue weighted by molar-refractivity contribution is -0.131. The Bertz CT molecular complexity index is 1710. The number of carbonyl (C=O) groups excluding carboxylic acids is 1. The monoisotopic (exact) mass is 585 g/mol. The molecule has 0 atom stereocenters. The molecule has 0 unspecified atom stereocenters. The van der Waals surface area contributed by atoms with Crippen molar-refractivity contribution in [3.05, 3.63) is 84.9 Å². The molecule has 0 saturated heterocycles. The van der Waals surface area contributed by atoms with Crippen molar-refractivity contribution in [1.82, 2.24) is 19.3 Å². The molecule has 1 amide bonds. The van der Waals surface area contributed by atoms with Crippen LogP contribution in [0.15, 0.2) is 64.1 Å². The van der Waals surface area contributed by atoms with Gasteiger partial charge in [-0.25, -0.2) is 4.99 Å². The average Bonchev–Trinajstić information content (AvgIpc) is 3.45. The van der Waals surface area contributed by atoms with Crippen molar-refractivity contribution in [2.24, 2.45) is 4.99 Å². The molecule has 5 rings (SSSR count). The molecular weight excluding hydrogens is 551 g/mol. The van der Waals surface area contributed by atoms with Gasteiger partial charge in [0.1, 0.15) is 0 Å². The molecule has 212 valence electrons. The summed E-state index contributed by atoms with van der Waals surface area (Å²) in [4.78, 5) is 26.1. The number of carbonyl (C=O) groups is 1. The number of likely N-dealkylation sites (N-methyl/N-ethyl adjacent to an activating group) is 1. The van der Waals surface area contributed by atoms with E-state index in [-0.39, 0.29) is 5.91 Å². The minimum atomic E-state index is 0.158. The topological polar surface area (TPSA) is 79.9 Å². The number of aromatic nitrogens is 1. The van der Waals surface area contributed by atoms with Crippen molar-refractivity contribution in [3.63, 3.8) is 0 Å². The van der Waals surface area contributed by atoms with Gasteiger partial charge in [-0.1, -0.05) is 60.0 Å². The first-order valence-electron chi connectivity index (χ1n) is 13.6. The lowest BCUT2D eigenvalue weighted by Crippen LogP contribution is -2.41. The molecule has 1 N–H and O–H groups in total. The molecule has 2 aliphatic heterocycles. The maximum atomic E-state index is 12.8. The van der Waals surface area contributed by atoms with Crippen molar-refractivity contribution in [1.29, 1.82) is 5.26 Å². The number of hydrogen-bond donors (Lipinski definition) is 1.